The maximum Gasteiger partial charge on any atom is 0.0782 e. The zero-order valence-corrected chi connectivity index (χ0v) is 11.3. The first kappa shape index (κ1) is 12.5. The molecule has 1 aromatic carbocycles. The first-order valence-corrected chi connectivity index (χ1v) is 6.40. The Morgan fingerprint density at radius 3 is 2.71 bits per heavy atom. The molecule has 0 fully saturated rings. The lowest BCUT2D eigenvalue weighted by molar-refractivity contribution is 0.200. The molecule has 2 rings (SSSR count). The van der Waals surface area contributed by atoms with Crippen LogP contribution in [-0.2, 0) is 6.54 Å². The highest BCUT2D eigenvalue weighted by Crippen LogP contribution is 2.32. The zero-order valence-electron chi connectivity index (χ0n) is 10.5. The van der Waals surface area contributed by atoms with Crippen molar-refractivity contribution in [3.8, 4) is 0 Å². The SMILES string of the molecule is CCCn1cc(C(C)O)c2ccc(Cl)c(C)c21. The van der Waals surface area contributed by atoms with Gasteiger partial charge in [-0.05, 0) is 31.9 Å². The molecule has 0 spiro atoms. The molecular weight excluding hydrogens is 234 g/mol. The van der Waals surface area contributed by atoms with Crippen LogP contribution in [0.2, 0.25) is 5.02 Å². The second kappa shape index (κ2) is 4.71. The molecular formula is C14H18ClNO. The Labute approximate surface area is 107 Å². The number of nitrogens with zero attached hydrogens (tertiary/aromatic N) is 1. The Balaban J connectivity index is 2.76. The average molecular weight is 252 g/mol. The highest BCUT2D eigenvalue weighted by atomic mass is 35.5. The van der Waals surface area contributed by atoms with E-state index in [0.29, 0.717) is 0 Å². The smallest absolute Gasteiger partial charge is 0.0782 e. The lowest BCUT2D eigenvalue weighted by Gasteiger charge is -2.07. The summed E-state index contributed by atoms with van der Waals surface area (Å²) < 4.78 is 2.19. The van der Waals surface area contributed by atoms with Crippen molar-refractivity contribution in [3.05, 3.63) is 34.5 Å². The molecule has 0 amide bonds. The van der Waals surface area contributed by atoms with Crippen LogP contribution in [0.25, 0.3) is 10.9 Å². The second-order valence-electron chi connectivity index (χ2n) is 4.52. The summed E-state index contributed by atoms with van der Waals surface area (Å²) in [5.74, 6) is 0. The van der Waals surface area contributed by atoms with Gasteiger partial charge in [0, 0.05) is 28.7 Å². The third-order valence-corrected chi connectivity index (χ3v) is 3.58. The number of aliphatic hydroxyl groups excluding tert-OH is 1. The van der Waals surface area contributed by atoms with Gasteiger partial charge in [-0.25, -0.2) is 0 Å². The average Bonchev–Trinajstić information content (AvgIpc) is 2.64. The summed E-state index contributed by atoms with van der Waals surface area (Å²) in [4.78, 5) is 0. The van der Waals surface area contributed by atoms with Gasteiger partial charge in [0.25, 0.3) is 0 Å². The molecule has 1 aromatic heterocycles. The number of aliphatic hydroxyl groups is 1. The van der Waals surface area contributed by atoms with Crippen LogP contribution >= 0.6 is 11.6 Å². The Kier molecular flexibility index (Phi) is 3.45. The molecule has 3 heteroatoms. The van der Waals surface area contributed by atoms with Crippen molar-refractivity contribution in [2.45, 2.75) is 39.8 Å². The number of fused-ring (bicyclic) bond motifs is 1. The number of rotatable bonds is 3. The Morgan fingerprint density at radius 2 is 2.12 bits per heavy atom. The van der Waals surface area contributed by atoms with E-state index in [1.807, 2.05) is 25.3 Å². The third-order valence-electron chi connectivity index (χ3n) is 3.17. The van der Waals surface area contributed by atoms with Crippen LogP contribution in [0.4, 0.5) is 0 Å². The van der Waals surface area contributed by atoms with Crippen molar-refractivity contribution < 1.29 is 5.11 Å². The Bertz CT molecular complexity index is 543. The van der Waals surface area contributed by atoms with Crippen molar-refractivity contribution in [2.75, 3.05) is 0 Å². The summed E-state index contributed by atoms with van der Waals surface area (Å²) in [5.41, 5.74) is 3.22. The van der Waals surface area contributed by atoms with Crippen molar-refractivity contribution in [3.63, 3.8) is 0 Å². The van der Waals surface area contributed by atoms with E-state index in [-0.39, 0.29) is 0 Å². The number of aromatic nitrogens is 1. The normalized spacial score (nSPS) is 13.2. The lowest BCUT2D eigenvalue weighted by atomic mass is 10.1. The van der Waals surface area contributed by atoms with E-state index < -0.39 is 6.10 Å². The van der Waals surface area contributed by atoms with Crippen molar-refractivity contribution in [2.24, 2.45) is 0 Å². The molecule has 0 saturated carbocycles. The third kappa shape index (κ3) is 2.07. The molecule has 17 heavy (non-hydrogen) atoms. The van der Waals surface area contributed by atoms with Gasteiger partial charge in [0.05, 0.1) is 11.6 Å². The van der Waals surface area contributed by atoms with E-state index in [2.05, 4.69) is 11.5 Å². The Morgan fingerprint density at radius 1 is 1.41 bits per heavy atom. The fourth-order valence-corrected chi connectivity index (χ4v) is 2.48. The monoisotopic (exact) mass is 251 g/mol. The maximum absolute atomic E-state index is 9.82. The molecule has 2 nitrogen and oxygen atoms in total. The summed E-state index contributed by atoms with van der Waals surface area (Å²) in [6.07, 6.45) is 2.66. The molecule has 2 aromatic rings. The molecule has 0 radical (unpaired) electrons. The van der Waals surface area contributed by atoms with Crippen LogP contribution in [0.1, 0.15) is 37.5 Å². The first-order chi connectivity index (χ1) is 8.06. The summed E-state index contributed by atoms with van der Waals surface area (Å²) >= 11 is 6.17. The zero-order chi connectivity index (χ0) is 12.6. The van der Waals surface area contributed by atoms with Gasteiger partial charge < -0.3 is 9.67 Å². The number of aryl methyl sites for hydroxylation is 2. The number of hydrogen-bond donors (Lipinski definition) is 1. The van der Waals surface area contributed by atoms with Gasteiger partial charge in [0.1, 0.15) is 0 Å². The minimum Gasteiger partial charge on any atom is -0.389 e. The van der Waals surface area contributed by atoms with Crippen molar-refractivity contribution >= 4 is 22.5 Å². The lowest BCUT2D eigenvalue weighted by Crippen LogP contribution is -1.96. The van der Waals surface area contributed by atoms with Gasteiger partial charge >= 0.3 is 0 Å². The summed E-state index contributed by atoms with van der Waals surface area (Å²) in [7, 11) is 0. The van der Waals surface area contributed by atoms with Crippen LogP contribution in [0.5, 0.6) is 0 Å². The van der Waals surface area contributed by atoms with Gasteiger partial charge in [-0.3, -0.25) is 0 Å². The fourth-order valence-electron chi connectivity index (χ4n) is 2.33. The minimum absolute atomic E-state index is 0.448. The molecule has 1 atom stereocenters. The van der Waals surface area contributed by atoms with Crippen molar-refractivity contribution in [1.29, 1.82) is 0 Å². The second-order valence-corrected chi connectivity index (χ2v) is 4.93. The quantitative estimate of drug-likeness (QED) is 0.874. The van der Waals surface area contributed by atoms with Gasteiger partial charge in [-0.15, -0.1) is 0 Å². The van der Waals surface area contributed by atoms with E-state index in [1.165, 1.54) is 0 Å². The van der Waals surface area contributed by atoms with Crippen molar-refractivity contribution in [1.82, 2.24) is 4.57 Å². The summed E-state index contributed by atoms with van der Waals surface area (Å²) in [6, 6.07) is 3.90. The largest absolute Gasteiger partial charge is 0.389 e. The predicted molar refractivity (Wildman–Crippen MR) is 72.6 cm³/mol. The van der Waals surface area contributed by atoms with Gasteiger partial charge in [0.2, 0.25) is 0 Å². The minimum atomic E-state index is -0.448. The molecule has 1 unspecified atom stereocenters. The predicted octanol–water partition coefficient (Wildman–Crippen LogP) is 4.07. The number of benzene rings is 1. The van der Waals surface area contributed by atoms with E-state index in [9.17, 15) is 5.11 Å². The summed E-state index contributed by atoms with van der Waals surface area (Å²) in [5, 5.41) is 11.7. The standard InChI is InChI=1S/C14H18ClNO/c1-4-7-16-8-12(10(3)17)11-5-6-13(15)9(2)14(11)16/h5-6,8,10,17H,4,7H2,1-3H3. The molecule has 0 aliphatic heterocycles. The molecule has 0 bridgehead atoms. The van der Waals surface area contributed by atoms with Gasteiger partial charge in [-0.2, -0.15) is 0 Å². The molecule has 1 N–H and O–H groups in total. The number of halogens is 1. The highest BCUT2D eigenvalue weighted by Gasteiger charge is 2.14. The molecule has 92 valence electrons. The topological polar surface area (TPSA) is 25.2 Å². The van der Waals surface area contributed by atoms with E-state index >= 15 is 0 Å². The van der Waals surface area contributed by atoms with Gasteiger partial charge in [-0.1, -0.05) is 24.6 Å². The fraction of sp³-hybridized carbons (Fsp3) is 0.429. The van der Waals surface area contributed by atoms with Crippen LogP contribution < -0.4 is 0 Å². The first-order valence-electron chi connectivity index (χ1n) is 6.02. The maximum atomic E-state index is 9.82. The molecule has 0 aliphatic rings. The molecule has 1 heterocycles. The molecule has 0 aliphatic carbocycles. The van der Waals surface area contributed by atoms with Gasteiger partial charge in [0.15, 0.2) is 0 Å². The van der Waals surface area contributed by atoms with Crippen LogP contribution in [-0.4, -0.2) is 9.67 Å². The highest BCUT2D eigenvalue weighted by molar-refractivity contribution is 6.32. The van der Waals surface area contributed by atoms with E-state index in [4.69, 9.17) is 11.6 Å². The number of hydrogen-bond acceptors (Lipinski definition) is 1. The summed E-state index contributed by atoms with van der Waals surface area (Å²) in [6.45, 7) is 6.93. The molecule has 0 saturated heterocycles. The van der Waals surface area contributed by atoms with E-state index in [1.54, 1.807) is 6.92 Å². The van der Waals surface area contributed by atoms with Crippen LogP contribution in [0, 0.1) is 6.92 Å². The van der Waals surface area contributed by atoms with Crippen LogP contribution in [0.3, 0.4) is 0 Å². The van der Waals surface area contributed by atoms with E-state index in [0.717, 1.165) is 40.0 Å². The Hall–Kier alpha value is -0.990. The van der Waals surface area contributed by atoms with Crippen LogP contribution in [0.15, 0.2) is 18.3 Å².